The molecule has 2 heterocycles. The molecule has 1 aromatic rings. The van der Waals surface area contributed by atoms with Crippen LogP contribution in [0.3, 0.4) is 0 Å². The van der Waals surface area contributed by atoms with Gasteiger partial charge in [0.1, 0.15) is 0 Å². The predicted molar refractivity (Wildman–Crippen MR) is 68.9 cm³/mol. The van der Waals surface area contributed by atoms with Gasteiger partial charge in [-0.1, -0.05) is 5.21 Å². The summed E-state index contributed by atoms with van der Waals surface area (Å²) < 4.78 is 1.79. The van der Waals surface area contributed by atoms with Crippen LogP contribution < -0.4 is 5.32 Å². The van der Waals surface area contributed by atoms with Crippen LogP contribution in [-0.4, -0.2) is 44.3 Å². The monoisotopic (exact) mass is 256 g/mol. The van der Waals surface area contributed by atoms with Crippen molar-refractivity contribution in [3.05, 3.63) is 11.9 Å². The summed E-state index contributed by atoms with van der Waals surface area (Å²) in [6.07, 6.45) is 5.27. The molecule has 1 unspecified atom stereocenters. The molecular formula is C11H20N4OS. The Kier molecular flexibility index (Phi) is 5.28. The predicted octanol–water partition coefficient (Wildman–Crippen LogP) is 0.646. The van der Waals surface area contributed by atoms with Crippen LogP contribution in [-0.2, 0) is 13.1 Å². The van der Waals surface area contributed by atoms with E-state index in [1.807, 2.05) is 18.0 Å². The summed E-state index contributed by atoms with van der Waals surface area (Å²) in [4.78, 5) is 0. The summed E-state index contributed by atoms with van der Waals surface area (Å²) >= 11 is 2.02. The molecule has 2 N–H and O–H groups in total. The molecule has 1 aliphatic rings. The summed E-state index contributed by atoms with van der Waals surface area (Å²) in [6.45, 7) is 1.74. The van der Waals surface area contributed by atoms with E-state index in [0.29, 0.717) is 6.04 Å². The lowest BCUT2D eigenvalue weighted by molar-refractivity contribution is 0.276. The first-order valence-electron chi connectivity index (χ1n) is 6.19. The highest BCUT2D eigenvalue weighted by Crippen LogP contribution is 2.17. The third-order valence-corrected chi connectivity index (χ3v) is 4.08. The van der Waals surface area contributed by atoms with Crippen molar-refractivity contribution in [3.63, 3.8) is 0 Å². The Hall–Kier alpha value is -0.590. The van der Waals surface area contributed by atoms with Crippen molar-refractivity contribution < 1.29 is 5.11 Å². The largest absolute Gasteiger partial charge is 0.396 e. The fourth-order valence-electron chi connectivity index (χ4n) is 1.91. The smallest absolute Gasteiger partial charge is 0.0964 e. The highest BCUT2D eigenvalue weighted by molar-refractivity contribution is 7.99. The minimum Gasteiger partial charge on any atom is -0.396 e. The zero-order valence-corrected chi connectivity index (χ0v) is 10.8. The summed E-state index contributed by atoms with van der Waals surface area (Å²) in [6, 6.07) is 0.622. The summed E-state index contributed by atoms with van der Waals surface area (Å²) in [7, 11) is 0. The van der Waals surface area contributed by atoms with E-state index >= 15 is 0 Å². The molecular weight excluding hydrogens is 236 g/mol. The minimum atomic E-state index is 0.201. The average Bonchev–Trinajstić information content (AvgIpc) is 2.83. The van der Waals surface area contributed by atoms with Crippen LogP contribution in [0, 0.1) is 0 Å². The van der Waals surface area contributed by atoms with E-state index < -0.39 is 0 Å². The molecule has 0 radical (unpaired) electrons. The van der Waals surface area contributed by atoms with Gasteiger partial charge in [0, 0.05) is 37.7 Å². The van der Waals surface area contributed by atoms with Crippen LogP contribution in [0.2, 0.25) is 0 Å². The van der Waals surface area contributed by atoms with E-state index in [4.69, 9.17) is 5.11 Å². The Labute approximate surface area is 106 Å². The van der Waals surface area contributed by atoms with Crippen LogP contribution in [0.5, 0.6) is 0 Å². The van der Waals surface area contributed by atoms with E-state index in [9.17, 15) is 0 Å². The van der Waals surface area contributed by atoms with Crippen molar-refractivity contribution in [1.29, 1.82) is 0 Å². The van der Waals surface area contributed by atoms with Gasteiger partial charge < -0.3 is 10.4 Å². The molecule has 0 amide bonds. The third kappa shape index (κ3) is 4.29. The fourth-order valence-corrected chi connectivity index (χ4v) is 3.02. The van der Waals surface area contributed by atoms with Crippen LogP contribution in [0.15, 0.2) is 6.20 Å². The standard InChI is InChI=1S/C11H20N4OS/c16-5-2-4-15-8-11(13-14-15)7-12-10-3-1-6-17-9-10/h8,10,12,16H,1-7,9H2. The summed E-state index contributed by atoms with van der Waals surface area (Å²) in [5, 5.41) is 20.4. The zero-order chi connectivity index (χ0) is 11.9. The number of hydrogen-bond acceptors (Lipinski definition) is 5. The van der Waals surface area contributed by atoms with Gasteiger partial charge in [0.2, 0.25) is 0 Å². The second kappa shape index (κ2) is 6.98. The third-order valence-electron chi connectivity index (χ3n) is 2.86. The number of aryl methyl sites for hydroxylation is 1. The molecule has 17 heavy (non-hydrogen) atoms. The Balaban J connectivity index is 1.72. The molecule has 1 aromatic heterocycles. The molecule has 0 aromatic carbocycles. The van der Waals surface area contributed by atoms with Crippen molar-refractivity contribution in [1.82, 2.24) is 20.3 Å². The number of aliphatic hydroxyl groups excluding tert-OH is 1. The van der Waals surface area contributed by atoms with Crippen molar-refractivity contribution in [2.45, 2.75) is 38.4 Å². The maximum atomic E-state index is 8.73. The summed E-state index contributed by atoms with van der Waals surface area (Å²) in [5.74, 6) is 2.51. The lowest BCUT2D eigenvalue weighted by Gasteiger charge is -2.21. The van der Waals surface area contributed by atoms with Crippen LogP contribution in [0.1, 0.15) is 25.0 Å². The molecule has 6 heteroatoms. The molecule has 1 fully saturated rings. The zero-order valence-electron chi connectivity index (χ0n) is 10.0. The van der Waals surface area contributed by atoms with E-state index in [2.05, 4.69) is 15.6 Å². The first kappa shape index (κ1) is 12.9. The topological polar surface area (TPSA) is 63.0 Å². The highest BCUT2D eigenvalue weighted by Gasteiger charge is 2.13. The second-order valence-electron chi connectivity index (χ2n) is 4.35. The van der Waals surface area contributed by atoms with Gasteiger partial charge in [-0.15, -0.1) is 5.10 Å². The molecule has 1 saturated heterocycles. The van der Waals surface area contributed by atoms with Gasteiger partial charge in [0.25, 0.3) is 0 Å². The number of nitrogens with one attached hydrogen (secondary N) is 1. The molecule has 2 rings (SSSR count). The van der Waals surface area contributed by atoms with E-state index in [-0.39, 0.29) is 6.61 Å². The first-order valence-corrected chi connectivity index (χ1v) is 7.35. The van der Waals surface area contributed by atoms with Crippen LogP contribution in [0.4, 0.5) is 0 Å². The maximum absolute atomic E-state index is 8.73. The molecule has 1 atom stereocenters. The number of aliphatic hydroxyl groups is 1. The van der Waals surface area contributed by atoms with Crippen molar-refractivity contribution in [2.24, 2.45) is 0 Å². The van der Waals surface area contributed by atoms with Crippen molar-refractivity contribution in [2.75, 3.05) is 18.1 Å². The molecule has 5 nitrogen and oxygen atoms in total. The van der Waals surface area contributed by atoms with Crippen molar-refractivity contribution in [3.8, 4) is 0 Å². The van der Waals surface area contributed by atoms with E-state index in [1.54, 1.807) is 4.68 Å². The van der Waals surface area contributed by atoms with E-state index in [0.717, 1.165) is 25.2 Å². The summed E-state index contributed by atoms with van der Waals surface area (Å²) in [5.41, 5.74) is 0.985. The molecule has 1 aliphatic heterocycles. The van der Waals surface area contributed by atoms with Crippen LogP contribution >= 0.6 is 11.8 Å². The van der Waals surface area contributed by atoms with Crippen molar-refractivity contribution >= 4 is 11.8 Å². The molecule has 0 spiro atoms. The quantitative estimate of drug-likeness (QED) is 0.782. The Bertz CT molecular complexity index is 325. The number of rotatable bonds is 6. The first-order chi connectivity index (χ1) is 8.38. The van der Waals surface area contributed by atoms with Gasteiger partial charge in [0.05, 0.1) is 5.69 Å². The second-order valence-corrected chi connectivity index (χ2v) is 5.49. The van der Waals surface area contributed by atoms with Gasteiger partial charge in [-0.3, -0.25) is 4.68 Å². The lowest BCUT2D eigenvalue weighted by Crippen LogP contribution is -2.33. The highest BCUT2D eigenvalue weighted by atomic mass is 32.2. The Morgan fingerprint density at radius 1 is 1.59 bits per heavy atom. The minimum absolute atomic E-state index is 0.201. The number of nitrogens with zero attached hydrogens (tertiary/aromatic N) is 3. The van der Waals surface area contributed by atoms with Gasteiger partial charge in [0.15, 0.2) is 0 Å². The molecule has 0 aliphatic carbocycles. The van der Waals surface area contributed by atoms with Gasteiger partial charge >= 0.3 is 0 Å². The van der Waals surface area contributed by atoms with Crippen LogP contribution in [0.25, 0.3) is 0 Å². The maximum Gasteiger partial charge on any atom is 0.0964 e. The van der Waals surface area contributed by atoms with Gasteiger partial charge in [-0.25, -0.2) is 0 Å². The Morgan fingerprint density at radius 3 is 3.29 bits per heavy atom. The average molecular weight is 256 g/mol. The molecule has 0 bridgehead atoms. The fraction of sp³-hybridized carbons (Fsp3) is 0.818. The Morgan fingerprint density at radius 2 is 2.53 bits per heavy atom. The SMILES string of the molecule is OCCCn1cc(CNC2CCCSC2)nn1. The number of thioether (sulfide) groups is 1. The van der Waals surface area contributed by atoms with E-state index in [1.165, 1.54) is 24.3 Å². The lowest BCUT2D eigenvalue weighted by atomic mass is 10.2. The van der Waals surface area contributed by atoms with Gasteiger partial charge in [-0.2, -0.15) is 11.8 Å². The molecule has 96 valence electrons. The molecule has 0 saturated carbocycles. The number of hydrogen-bond donors (Lipinski definition) is 2. The normalized spacial score (nSPS) is 20.6. The number of aromatic nitrogens is 3. The van der Waals surface area contributed by atoms with Gasteiger partial charge in [-0.05, 0) is 25.0 Å².